The van der Waals surface area contributed by atoms with Crippen LogP contribution >= 0.6 is 0 Å². The van der Waals surface area contributed by atoms with E-state index < -0.39 is 5.97 Å². The molecule has 0 aliphatic carbocycles. The van der Waals surface area contributed by atoms with Gasteiger partial charge in [0.2, 0.25) is 0 Å². The fourth-order valence-electron chi connectivity index (χ4n) is 2.69. The summed E-state index contributed by atoms with van der Waals surface area (Å²) in [6.45, 7) is 10.6. The van der Waals surface area contributed by atoms with E-state index in [9.17, 15) is 9.59 Å². The molecular weight excluding hydrogens is 256 g/mol. The van der Waals surface area contributed by atoms with Crippen LogP contribution in [0.1, 0.15) is 47.0 Å². The number of hydrogen-bond acceptors (Lipinski definition) is 2. The molecule has 1 heterocycles. The number of urea groups is 1. The van der Waals surface area contributed by atoms with E-state index in [1.54, 1.807) is 0 Å². The van der Waals surface area contributed by atoms with Crippen LogP contribution in [0.2, 0.25) is 0 Å². The van der Waals surface area contributed by atoms with Crippen LogP contribution in [0.25, 0.3) is 0 Å². The van der Waals surface area contributed by atoms with Crippen molar-refractivity contribution in [1.82, 2.24) is 10.2 Å². The molecule has 2 N–H and O–H groups in total. The minimum Gasteiger partial charge on any atom is -0.481 e. The molecule has 0 saturated carbocycles. The fourth-order valence-corrected chi connectivity index (χ4v) is 2.69. The van der Waals surface area contributed by atoms with Crippen molar-refractivity contribution in [3.8, 4) is 0 Å². The number of nitrogens with one attached hydrogen (secondary N) is 1. The lowest BCUT2D eigenvalue weighted by Crippen LogP contribution is -2.47. The molecule has 2 amide bonds. The first kappa shape index (κ1) is 16.8. The van der Waals surface area contributed by atoms with Gasteiger partial charge in [-0.3, -0.25) is 4.79 Å². The van der Waals surface area contributed by atoms with Gasteiger partial charge in [-0.25, -0.2) is 4.79 Å². The van der Waals surface area contributed by atoms with E-state index in [4.69, 9.17) is 5.11 Å². The number of aliphatic carboxylic acids is 1. The third kappa shape index (κ3) is 5.39. The lowest BCUT2D eigenvalue weighted by molar-refractivity contribution is -0.137. The van der Waals surface area contributed by atoms with Crippen LogP contribution in [-0.2, 0) is 4.79 Å². The maximum Gasteiger partial charge on any atom is 0.317 e. The van der Waals surface area contributed by atoms with Crippen molar-refractivity contribution in [2.45, 2.75) is 47.0 Å². The molecule has 1 saturated heterocycles. The van der Waals surface area contributed by atoms with Crippen molar-refractivity contribution in [1.29, 1.82) is 0 Å². The first-order valence-corrected chi connectivity index (χ1v) is 7.44. The Morgan fingerprint density at radius 2 is 1.85 bits per heavy atom. The number of carbonyl (C=O) groups is 2. The molecule has 1 atom stereocenters. The summed E-state index contributed by atoms with van der Waals surface area (Å²) >= 11 is 0. The van der Waals surface area contributed by atoms with Crippen LogP contribution in [-0.4, -0.2) is 41.6 Å². The first-order chi connectivity index (χ1) is 9.20. The van der Waals surface area contributed by atoms with Gasteiger partial charge in [-0.2, -0.15) is 0 Å². The molecule has 0 bridgehead atoms. The summed E-state index contributed by atoms with van der Waals surface area (Å²) in [7, 11) is 0. The average Bonchev–Trinajstić information content (AvgIpc) is 2.34. The molecule has 1 fully saturated rings. The average molecular weight is 284 g/mol. The first-order valence-electron chi connectivity index (χ1n) is 7.44. The molecule has 0 aromatic heterocycles. The summed E-state index contributed by atoms with van der Waals surface area (Å²) in [5.41, 5.74) is 0.304. The summed E-state index contributed by atoms with van der Waals surface area (Å²) in [5.74, 6) is -0.196. The van der Waals surface area contributed by atoms with Crippen LogP contribution in [0, 0.1) is 17.3 Å². The van der Waals surface area contributed by atoms with Gasteiger partial charge in [0.15, 0.2) is 0 Å². The maximum absolute atomic E-state index is 12.0. The van der Waals surface area contributed by atoms with Crippen LogP contribution in [0.4, 0.5) is 4.79 Å². The summed E-state index contributed by atoms with van der Waals surface area (Å²) in [5, 5.41) is 11.5. The van der Waals surface area contributed by atoms with Gasteiger partial charge in [0.05, 0.1) is 0 Å². The molecule has 1 rings (SSSR count). The summed E-state index contributed by atoms with van der Waals surface area (Å²) in [4.78, 5) is 24.4. The Morgan fingerprint density at radius 3 is 2.30 bits per heavy atom. The molecule has 5 heteroatoms. The minimum absolute atomic E-state index is 0.0384. The van der Waals surface area contributed by atoms with Crippen LogP contribution in [0.15, 0.2) is 0 Å². The Kier molecular flexibility index (Phi) is 5.84. The van der Waals surface area contributed by atoms with Gasteiger partial charge in [0.1, 0.15) is 0 Å². The molecular formula is C15H28N2O3. The van der Waals surface area contributed by atoms with E-state index in [0.717, 1.165) is 25.9 Å². The van der Waals surface area contributed by atoms with Gasteiger partial charge >= 0.3 is 12.0 Å². The number of piperidine rings is 1. The number of rotatable bonds is 4. The Bertz CT molecular complexity index is 342. The van der Waals surface area contributed by atoms with Gasteiger partial charge in [-0.15, -0.1) is 0 Å². The minimum atomic E-state index is -0.822. The molecule has 20 heavy (non-hydrogen) atoms. The predicted octanol–water partition coefficient (Wildman–Crippen LogP) is 2.56. The maximum atomic E-state index is 12.0. The third-order valence-electron chi connectivity index (χ3n) is 4.13. The van der Waals surface area contributed by atoms with Gasteiger partial charge in [-0.1, -0.05) is 27.7 Å². The van der Waals surface area contributed by atoms with Crippen LogP contribution < -0.4 is 5.32 Å². The highest BCUT2D eigenvalue weighted by Gasteiger charge is 2.30. The predicted molar refractivity (Wildman–Crippen MR) is 78.6 cm³/mol. The summed E-state index contributed by atoms with van der Waals surface area (Å²) < 4.78 is 0. The van der Waals surface area contributed by atoms with E-state index >= 15 is 0 Å². The zero-order valence-corrected chi connectivity index (χ0v) is 13.1. The van der Waals surface area contributed by atoms with Gasteiger partial charge in [0.25, 0.3) is 0 Å². The summed E-state index contributed by atoms with van der Waals surface area (Å²) in [6, 6.07) is -0.0606. The zero-order chi connectivity index (χ0) is 15.3. The van der Waals surface area contributed by atoms with Crippen LogP contribution in [0.5, 0.6) is 0 Å². The molecule has 1 unspecified atom stereocenters. The molecule has 0 aromatic carbocycles. The van der Waals surface area contributed by atoms with Crippen molar-refractivity contribution in [2.24, 2.45) is 17.3 Å². The molecule has 0 spiro atoms. The van der Waals surface area contributed by atoms with Crippen LogP contribution in [0.3, 0.4) is 0 Å². The second kappa shape index (κ2) is 6.95. The van der Waals surface area contributed by atoms with Crippen molar-refractivity contribution in [3.05, 3.63) is 0 Å². The normalized spacial score (nSPS) is 18.7. The Hall–Kier alpha value is -1.26. The fraction of sp³-hybridized carbons (Fsp3) is 0.867. The molecule has 116 valence electrons. The van der Waals surface area contributed by atoms with Crippen molar-refractivity contribution < 1.29 is 14.7 Å². The van der Waals surface area contributed by atoms with E-state index in [-0.39, 0.29) is 18.4 Å². The van der Waals surface area contributed by atoms with Gasteiger partial charge in [-0.05, 0) is 30.1 Å². The Labute approximate surface area is 121 Å². The quantitative estimate of drug-likeness (QED) is 0.833. The second-order valence-electron chi connectivity index (χ2n) is 7.02. The molecule has 1 aliphatic rings. The third-order valence-corrected chi connectivity index (χ3v) is 4.13. The van der Waals surface area contributed by atoms with Gasteiger partial charge in [0, 0.05) is 26.1 Å². The molecule has 5 nitrogen and oxygen atoms in total. The van der Waals surface area contributed by atoms with Crippen molar-refractivity contribution >= 4 is 12.0 Å². The van der Waals surface area contributed by atoms with E-state index in [2.05, 4.69) is 26.1 Å². The monoisotopic (exact) mass is 284 g/mol. The smallest absolute Gasteiger partial charge is 0.317 e. The lowest BCUT2D eigenvalue weighted by Gasteiger charge is -2.38. The Balaban J connectivity index is 2.31. The van der Waals surface area contributed by atoms with Crippen molar-refractivity contribution in [3.63, 3.8) is 0 Å². The highest BCUT2D eigenvalue weighted by molar-refractivity contribution is 5.74. The van der Waals surface area contributed by atoms with E-state index in [1.165, 1.54) is 0 Å². The number of carboxylic acid groups (broad SMARTS) is 1. The topological polar surface area (TPSA) is 69.6 Å². The Morgan fingerprint density at radius 1 is 1.30 bits per heavy atom. The number of hydrogen-bond donors (Lipinski definition) is 2. The number of likely N-dealkylation sites (tertiary alicyclic amines) is 1. The standard InChI is InChI=1S/C15H28N2O3/c1-11(9-13(18)19)10-16-14(20)17-7-5-12(6-8-17)15(2,3)4/h11-12H,5-10H2,1-4H3,(H,16,20)(H,18,19). The zero-order valence-electron chi connectivity index (χ0n) is 13.1. The number of carboxylic acids is 1. The number of carbonyl (C=O) groups excluding carboxylic acids is 1. The molecule has 0 radical (unpaired) electrons. The second-order valence-corrected chi connectivity index (χ2v) is 7.02. The highest BCUT2D eigenvalue weighted by atomic mass is 16.4. The van der Waals surface area contributed by atoms with E-state index in [0.29, 0.717) is 17.9 Å². The van der Waals surface area contributed by atoms with Crippen molar-refractivity contribution in [2.75, 3.05) is 19.6 Å². The molecule has 1 aliphatic heterocycles. The number of nitrogens with zero attached hydrogens (tertiary/aromatic N) is 1. The summed E-state index contributed by atoms with van der Waals surface area (Å²) in [6.07, 6.45) is 2.18. The highest BCUT2D eigenvalue weighted by Crippen LogP contribution is 2.34. The number of amides is 2. The van der Waals surface area contributed by atoms with Gasteiger partial charge < -0.3 is 15.3 Å². The largest absolute Gasteiger partial charge is 0.481 e. The molecule has 0 aromatic rings. The SMILES string of the molecule is CC(CNC(=O)N1CCC(C(C)(C)C)CC1)CC(=O)O. The lowest BCUT2D eigenvalue weighted by atomic mass is 9.75. The van der Waals surface area contributed by atoms with E-state index in [1.807, 2.05) is 11.8 Å².